The average molecular weight is 257 g/mol. The zero-order chi connectivity index (χ0) is 13.0. The van der Waals surface area contributed by atoms with Crippen LogP contribution in [0.15, 0.2) is 0 Å². The molecule has 1 heterocycles. The molecule has 1 saturated carbocycles. The smallest absolute Gasteiger partial charge is 0.326 e. The minimum absolute atomic E-state index is 0.156. The van der Waals surface area contributed by atoms with Crippen LogP contribution < -0.4 is 5.32 Å². The van der Waals surface area contributed by atoms with Gasteiger partial charge in [0.2, 0.25) is 0 Å². The Morgan fingerprint density at radius 1 is 1.50 bits per heavy atom. The molecule has 104 valence electrons. The average Bonchev–Trinajstić information content (AvgIpc) is 2.81. The van der Waals surface area contributed by atoms with Crippen LogP contribution in [-0.2, 0) is 19.0 Å². The molecule has 1 unspecified atom stereocenters. The first-order valence-electron chi connectivity index (χ1n) is 6.77. The Hall–Kier alpha value is -0.650. The lowest BCUT2D eigenvalue weighted by atomic mass is 9.74. The third-order valence-corrected chi connectivity index (χ3v) is 3.84. The van der Waals surface area contributed by atoms with Gasteiger partial charge < -0.3 is 14.2 Å². The van der Waals surface area contributed by atoms with Gasteiger partial charge in [-0.25, -0.2) is 0 Å². The Balaban J connectivity index is 1.86. The SMILES string of the molecule is CCOC(=O)C1(NCC2CCCO2)CC(OC)C1. The van der Waals surface area contributed by atoms with Crippen LogP contribution in [0.3, 0.4) is 0 Å². The first-order chi connectivity index (χ1) is 8.70. The number of ether oxygens (including phenoxy) is 3. The van der Waals surface area contributed by atoms with Crippen LogP contribution in [0.25, 0.3) is 0 Å². The Kier molecular flexibility index (Phi) is 4.59. The second-order valence-electron chi connectivity index (χ2n) is 5.08. The van der Waals surface area contributed by atoms with Crippen LogP contribution in [0, 0.1) is 0 Å². The van der Waals surface area contributed by atoms with Crippen LogP contribution in [0.4, 0.5) is 0 Å². The van der Waals surface area contributed by atoms with Gasteiger partial charge in [0.1, 0.15) is 5.54 Å². The zero-order valence-electron chi connectivity index (χ0n) is 11.2. The Morgan fingerprint density at radius 2 is 2.28 bits per heavy atom. The summed E-state index contributed by atoms with van der Waals surface area (Å²) in [5.41, 5.74) is -0.553. The fourth-order valence-corrected chi connectivity index (χ4v) is 2.65. The van der Waals surface area contributed by atoms with Gasteiger partial charge in [0.15, 0.2) is 0 Å². The second-order valence-corrected chi connectivity index (χ2v) is 5.08. The van der Waals surface area contributed by atoms with Gasteiger partial charge in [0, 0.05) is 33.1 Å². The van der Waals surface area contributed by atoms with Gasteiger partial charge in [-0.1, -0.05) is 0 Å². The molecule has 0 radical (unpaired) electrons. The number of carbonyl (C=O) groups is 1. The van der Waals surface area contributed by atoms with E-state index in [0.717, 1.165) is 26.0 Å². The molecule has 0 aromatic rings. The first-order valence-corrected chi connectivity index (χ1v) is 6.77. The summed E-state index contributed by atoms with van der Waals surface area (Å²) in [6, 6.07) is 0. The molecular formula is C13H23NO4. The molecular weight excluding hydrogens is 234 g/mol. The summed E-state index contributed by atoms with van der Waals surface area (Å²) in [6.45, 7) is 3.80. The summed E-state index contributed by atoms with van der Waals surface area (Å²) in [7, 11) is 1.68. The molecule has 5 heteroatoms. The van der Waals surface area contributed by atoms with E-state index in [9.17, 15) is 4.79 Å². The third kappa shape index (κ3) is 2.84. The van der Waals surface area contributed by atoms with Crippen LogP contribution >= 0.6 is 0 Å². The molecule has 0 aromatic carbocycles. The van der Waals surface area contributed by atoms with E-state index in [1.165, 1.54) is 0 Å². The van der Waals surface area contributed by atoms with E-state index in [-0.39, 0.29) is 18.2 Å². The lowest BCUT2D eigenvalue weighted by molar-refractivity contribution is -0.163. The van der Waals surface area contributed by atoms with Crippen molar-refractivity contribution in [2.24, 2.45) is 0 Å². The van der Waals surface area contributed by atoms with Gasteiger partial charge in [-0.2, -0.15) is 0 Å². The van der Waals surface area contributed by atoms with Crippen LogP contribution in [-0.4, -0.2) is 50.6 Å². The van der Waals surface area contributed by atoms with Crippen molar-refractivity contribution in [1.29, 1.82) is 0 Å². The molecule has 2 fully saturated rings. The highest BCUT2D eigenvalue weighted by atomic mass is 16.5. The highest BCUT2D eigenvalue weighted by Gasteiger charge is 2.51. The third-order valence-electron chi connectivity index (χ3n) is 3.84. The molecule has 0 aromatic heterocycles. The number of hydrogen-bond donors (Lipinski definition) is 1. The summed E-state index contributed by atoms with van der Waals surface area (Å²) < 4.78 is 16.0. The Labute approximate surface area is 108 Å². The van der Waals surface area contributed by atoms with Crippen molar-refractivity contribution >= 4 is 5.97 Å². The summed E-state index contributed by atoms with van der Waals surface area (Å²) in [5.74, 6) is -0.156. The molecule has 0 spiro atoms. The van der Waals surface area contributed by atoms with E-state index in [2.05, 4.69) is 5.32 Å². The lowest BCUT2D eigenvalue weighted by Gasteiger charge is -2.45. The van der Waals surface area contributed by atoms with Crippen molar-refractivity contribution in [3.63, 3.8) is 0 Å². The molecule has 1 saturated heterocycles. The van der Waals surface area contributed by atoms with Crippen LogP contribution in [0.2, 0.25) is 0 Å². The van der Waals surface area contributed by atoms with Crippen molar-refractivity contribution in [2.75, 3.05) is 26.9 Å². The number of carbonyl (C=O) groups excluding carboxylic acids is 1. The van der Waals surface area contributed by atoms with Crippen molar-refractivity contribution in [2.45, 2.75) is 50.4 Å². The van der Waals surface area contributed by atoms with E-state index in [4.69, 9.17) is 14.2 Å². The first kappa shape index (κ1) is 13.8. The van der Waals surface area contributed by atoms with Crippen molar-refractivity contribution in [1.82, 2.24) is 5.32 Å². The van der Waals surface area contributed by atoms with Crippen molar-refractivity contribution in [3.8, 4) is 0 Å². The fraction of sp³-hybridized carbons (Fsp3) is 0.923. The van der Waals surface area contributed by atoms with Gasteiger partial charge in [0.05, 0.1) is 18.8 Å². The summed E-state index contributed by atoms with van der Waals surface area (Å²) in [5, 5.41) is 3.34. The molecule has 1 aliphatic heterocycles. The largest absolute Gasteiger partial charge is 0.465 e. The van der Waals surface area contributed by atoms with Gasteiger partial charge in [-0.15, -0.1) is 0 Å². The molecule has 1 aliphatic carbocycles. The van der Waals surface area contributed by atoms with Crippen LogP contribution in [0.1, 0.15) is 32.6 Å². The van der Waals surface area contributed by atoms with Crippen molar-refractivity contribution in [3.05, 3.63) is 0 Å². The van der Waals surface area contributed by atoms with E-state index in [0.29, 0.717) is 19.4 Å². The molecule has 0 amide bonds. The fourth-order valence-electron chi connectivity index (χ4n) is 2.65. The summed E-state index contributed by atoms with van der Waals surface area (Å²) >= 11 is 0. The van der Waals surface area contributed by atoms with E-state index >= 15 is 0 Å². The number of rotatable bonds is 6. The predicted molar refractivity (Wildman–Crippen MR) is 66.4 cm³/mol. The van der Waals surface area contributed by atoms with Gasteiger partial charge in [0.25, 0.3) is 0 Å². The molecule has 0 bridgehead atoms. The minimum Gasteiger partial charge on any atom is -0.465 e. The highest BCUT2D eigenvalue weighted by Crippen LogP contribution is 2.35. The Bertz CT molecular complexity index is 283. The van der Waals surface area contributed by atoms with Gasteiger partial charge >= 0.3 is 5.97 Å². The van der Waals surface area contributed by atoms with Gasteiger partial charge in [-0.05, 0) is 19.8 Å². The molecule has 18 heavy (non-hydrogen) atoms. The molecule has 2 rings (SSSR count). The zero-order valence-corrected chi connectivity index (χ0v) is 11.2. The molecule has 1 atom stereocenters. The number of methoxy groups -OCH3 is 1. The molecule has 2 aliphatic rings. The maximum Gasteiger partial charge on any atom is 0.326 e. The molecule has 1 N–H and O–H groups in total. The molecule has 5 nitrogen and oxygen atoms in total. The van der Waals surface area contributed by atoms with E-state index in [1.807, 2.05) is 6.92 Å². The monoisotopic (exact) mass is 257 g/mol. The van der Waals surface area contributed by atoms with E-state index in [1.54, 1.807) is 7.11 Å². The minimum atomic E-state index is -0.553. The maximum atomic E-state index is 12.0. The highest BCUT2D eigenvalue weighted by molar-refractivity contribution is 5.82. The normalized spacial score (nSPS) is 35.2. The van der Waals surface area contributed by atoms with Gasteiger partial charge in [-0.3, -0.25) is 10.1 Å². The number of esters is 1. The summed E-state index contributed by atoms with van der Waals surface area (Å²) in [6.07, 6.45) is 3.95. The summed E-state index contributed by atoms with van der Waals surface area (Å²) in [4.78, 5) is 12.0. The lowest BCUT2D eigenvalue weighted by Crippen LogP contribution is -2.64. The standard InChI is InChI=1S/C13H23NO4/c1-3-17-12(15)13(7-11(8-13)16-2)14-9-10-5-4-6-18-10/h10-11,14H,3-9H2,1-2H3. The second kappa shape index (κ2) is 5.99. The maximum absolute atomic E-state index is 12.0. The van der Waals surface area contributed by atoms with Crippen LogP contribution in [0.5, 0.6) is 0 Å². The number of nitrogens with one attached hydrogen (secondary N) is 1. The topological polar surface area (TPSA) is 56.8 Å². The van der Waals surface area contributed by atoms with Crippen molar-refractivity contribution < 1.29 is 19.0 Å². The predicted octanol–water partition coefficient (Wildman–Crippen LogP) is 0.866. The van der Waals surface area contributed by atoms with E-state index < -0.39 is 5.54 Å². The Morgan fingerprint density at radius 3 is 2.83 bits per heavy atom. The quantitative estimate of drug-likeness (QED) is 0.715. The number of hydrogen-bond acceptors (Lipinski definition) is 5.